The summed E-state index contributed by atoms with van der Waals surface area (Å²) in [5.74, 6) is -1.00. The number of benzene rings is 1. The van der Waals surface area contributed by atoms with Gasteiger partial charge in [-0.05, 0) is 39.8 Å². The Morgan fingerprint density at radius 2 is 1.84 bits per heavy atom. The minimum atomic E-state index is -0.552. The molecule has 1 heterocycles. The molecule has 1 aromatic rings. The van der Waals surface area contributed by atoms with E-state index >= 15 is 0 Å². The highest BCUT2D eigenvalue weighted by molar-refractivity contribution is 8.01. The van der Waals surface area contributed by atoms with Gasteiger partial charge in [-0.1, -0.05) is 12.1 Å². The van der Waals surface area contributed by atoms with E-state index in [1.54, 1.807) is 4.90 Å². The monoisotopic (exact) mass is 364 g/mol. The number of nitrogens with one attached hydrogen (secondary N) is 1. The number of esters is 1. The van der Waals surface area contributed by atoms with Crippen molar-refractivity contribution in [3.05, 3.63) is 24.3 Å². The molecule has 0 saturated heterocycles. The molecule has 1 aliphatic heterocycles. The summed E-state index contributed by atoms with van der Waals surface area (Å²) >= 11 is 1.34. The second-order valence-corrected chi connectivity index (χ2v) is 7.69. The fourth-order valence-electron chi connectivity index (χ4n) is 2.83. The summed E-state index contributed by atoms with van der Waals surface area (Å²) in [7, 11) is 0. The SMILES string of the molecule is CC(C)N(C(=O)COC(=O)C[C@H]1Sc2ccccc2NC1=O)C(C)C. The van der Waals surface area contributed by atoms with Gasteiger partial charge in [0.2, 0.25) is 5.91 Å². The molecule has 0 bridgehead atoms. The lowest BCUT2D eigenvalue weighted by Gasteiger charge is -2.30. The zero-order valence-electron chi connectivity index (χ0n) is 14.9. The molecule has 1 N–H and O–H groups in total. The normalized spacial score (nSPS) is 16.4. The van der Waals surface area contributed by atoms with Crippen LogP contribution in [0.25, 0.3) is 0 Å². The molecule has 2 rings (SSSR count). The van der Waals surface area contributed by atoms with Gasteiger partial charge < -0.3 is 15.0 Å². The van der Waals surface area contributed by atoms with Crippen molar-refractivity contribution < 1.29 is 19.1 Å². The van der Waals surface area contributed by atoms with E-state index in [1.165, 1.54) is 11.8 Å². The van der Waals surface area contributed by atoms with Crippen molar-refractivity contribution in [3.8, 4) is 0 Å². The molecule has 0 saturated carbocycles. The van der Waals surface area contributed by atoms with Gasteiger partial charge >= 0.3 is 5.97 Å². The minimum absolute atomic E-state index is 0.0300. The van der Waals surface area contributed by atoms with Crippen molar-refractivity contribution in [2.24, 2.45) is 0 Å². The van der Waals surface area contributed by atoms with Crippen molar-refractivity contribution in [1.29, 1.82) is 0 Å². The zero-order chi connectivity index (χ0) is 18.6. The summed E-state index contributed by atoms with van der Waals surface area (Å²) in [4.78, 5) is 39.0. The van der Waals surface area contributed by atoms with Crippen LogP contribution in [-0.2, 0) is 19.1 Å². The van der Waals surface area contributed by atoms with E-state index in [-0.39, 0.29) is 36.9 Å². The van der Waals surface area contributed by atoms with Crippen LogP contribution in [0.1, 0.15) is 34.1 Å². The average molecular weight is 364 g/mol. The third-order valence-electron chi connectivity index (χ3n) is 3.82. The molecule has 1 aliphatic rings. The molecule has 2 amide bonds. The van der Waals surface area contributed by atoms with Gasteiger partial charge in [0.05, 0.1) is 17.4 Å². The summed E-state index contributed by atoms with van der Waals surface area (Å²) < 4.78 is 5.10. The summed E-state index contributed by atoms with van der Waals surface area (Å²) in [6, 6.07) is 7.49. The van der Waals surface area contributed by atoms with E-state index in [0.717, 1.165) is 10.6 Å². The van der Waals surface area contributed by atoms with Crippen LogP contribution in [0.4, 0.5) is 5.69 Å². The molecular formula is C18H24N2O4S. The molecule has 0 aromatic heterocycles. The quantitative estimate of drug-likeness (QED) is 0.786. The fourth-order valence-corrected chi connectivity index (χ4v) is 3.92. The first-order valence-electron chi connectivity index (χ1n) is 8.33. The van der Waals surface area contributed by atoms with Crippen LogP contribution in [-0.4, -0.2) is 46.6 Å². The number of rotatable bonds is 6. The van der Waals surface area contributed by atoms with Crippen molar-refractivity contribution >= 4 is 35.2 Å². The third-order valence-corrected chi connectivity index (χ3v) is 5.09. The molecule has 0 aliphatic carbocycles. The molecule has 6 nitrogen and oxygen atoms in total. The Labute approximate surface area is 152 Å². The van der Waals surface area contributed by atoms with Gasteiger partial charge in [-0.15, -0.1) is 11.8 Å². The van der Waals surface area contributed by atoms with E-state index in [0.29, 0.717) is 0 Å². The molecule has 0 radical (unpaired) electrons. The van der Waals surface area contributed by atoms with E-state index in [1.807, 2.05) is 52.0 Å². The molecule has 0 spiro atoms. The largest absolute Gasteiger partial charge is 0.456 e. The maximum absolute atomic E-state index is 12.2. The number of hydrogen-bond donors (Lipinski definition) is 1. The first-order chi connectivity index (χ1) is 11.8. The number of fused-ring (bicyclic) bond motifs is 1. The Kier molecular flexibility index (Phi) is 6.47. The lowest BCUT2D eigenvalue weighted by molar-refractivity contribution is -0.153. The number of hydrogen-bond acceptors (Lipinski definition) is 5. The Bertz CT molecular complexity index is 652. The number of thioether (sulfide) groups is 1. The number of nitrogens with zero attached hydrogens (tertiary/aromatic N) is 1. The Morgan fingerprint density at radius 1 is 1.20 bits per heavy atom. The van der Waals surface area contributed by atoms with Crippen molar-refractivity contribution in [3.63, 3.8) is 0 Å². The maximum Gasteiger partial charge on any atom is 0.307 e. The lowest BCUT2D eigenvalue weighted by Crippen LogP contribution is -2.44. The molecule has 0 unspecified atom stereocenters. The highest BCUT2D eigenvalue weighted by Gasteiger charge is 2.30. The Hall–Kier alpha value is -2.02. The van der Waals surface area contributed by atoms with Crippen LogP contribution in [0.15, 0.2) is 29.2 Å². The number of amides is 2. The molecule has 7 heteroatoms. The van der Waals surface area contributed by atoms with E-state index in [9.17, 15) is 14.4 Å². The van der Waals surface area contributed by atoms with E-state index in [4.69, 9.17) is 4.74 Å². The van der Waals surface area contributed by atoms with Crippen molar-refractivity contribution in [2.45, 2.75) is 56.3 Å². The molecule has 1 atom stereocenters. The molecule has 1 aromatic carbocycles. The Morgan fingerprint density at radius 3 is 2.48 bits per heavy atom. The maximum atomic E-state index is 12.2. The fraction of sp³-hybridized carbons (Fsp3) is 0.500. The van der Waals surface area contributed by atoms with E-state index in [2.05, 4.69) is 5.32 Å². The number of para-hydroxylation sites is 1. The Balaban J connectivity index is 1.88. The highest BCUT2D eigenvalue weighted by Crippen LogP contribution is 2.36. The van der Waals surface area contributed by atoms with Crippen LogP contribution >= 0.6 is 11.8 Å². The van der Waals surface area contributed by atoms with Crippen molar-refractivity contribution in [1.82, 2.24) is 4.90 Å². The van der Waals surface area contributed by atoms with Gasteiger partial charge in [0.15, 0.2) is 6.61 Å². The second-order valence-electron chi connectivity index (χ2n) is 6.45. The third kappa shape index (κ3) is 4.98. The molecule has 0 fully saturated rings. The number of carbonyl (C=O) groups is 3. The number of carbonyl (C=O) groups excluding carboxylic acids is 3. The summed E-state index contributed by atoms with van der Waals surface area (Å²) in [6.45, 7) is 7.37. The predicted molar refractivity (Wildman–Crippen MR) is 97.4 cm³/mol. The average Bonchev–Trinajstić information content (AvgIpc) is 2.53. The molecule has 136 valence electrons. The van der Waals surface area contributed by atoms with E-state index < -0.39 is 11.2 Å². The second kappa shape index (κ2) is 8.38. The van der Waals surface area contributed by atoms with Gasteiger partial charge in [-0.2, -0.15) is 0 Å². The topological polar surface area (TPSA) is 75.7 Å². The smallest absolute Gasteiger partial charge is 0.307 e. The zero-order valence-corrected chi connectivity index (χ0v) is 15.8. The summed E-state index contributed by atoms with van der Waals surface area (Å²) in [5, 5.41) is 2.23. The molecule has 25 heavy (non-hydrogen) atoms. The van der Waals surface area contributed by atoms with Crippen molar-refractivity contribution in [2.75, 3.05) is 11.9 Å². The summed E-state index contributed by atoms with van der Waals surface area (Å²) in [6.07, 6.45) is -0.0680. The van der Waals surface area contributed by atoms with Gasteiger partial charge in [-0.3, -0.25) is 14.4 Å². The first kappa shape index (κ1) is 19.3. The van der Waals surface area contributed by atoms with Gasteiger partial charge in [0, 0.05) is 17.0 Å². The highest BCUT2D eigenvalue weighted by atomic mass is 32.2. The van der Waals surface area contributed by atoms with Crippen LogP contribution in [0.5, 0.6) is 0 Å². The minimum Gasteiger partial charge on any atom is -0.456 e. The lowest BCUT2D eigenvalue weighted by atomic mass is 10.2. The summed E-state index contributed by atoms with van der Waals surface area (Å²) in [5.41, 5.74) is 0.752. The number of anilines is 1. The van der Waals surface area contributed by atoms with Gasteiger partial charge in [0.25, 0.3) is 5.91 Å². The van der Waals surface area contributed by atoms with Crippen LogP contribution < -0.4 is 5.32 Å². The van der Waals surface area contributed by atoms with Gasteiger partial charge in [-0.25, -0.2) is 0 Å². The van der Waals surface area contributed by atoms with Crippen LogP contribution in [0.3, 0.4) is 0 Å². The van der Waals surface area contributed by atoms with Gasteiger partial charge in [0.1, 0.15) is 0 Å². The first-order valence-corrected chi connectivity index (χ1v) is 9.21. The standard InChI is InChI=1S/C18H24N2O4S/c1-11(2)20(12(3)4)16(21)10-24-17(22)9-15-18(23)19-13-7-5-6-8-14(13)25-15/h5-8,11-12,15H,9-10H2,1-4H3,(H,19,23)/t15-/m1/s1. The molecular weight excluding hydrogens is 340 g/mol. The predicted octanol–water partition coefficient (Wildman–Crippen LogP) is 2.68. The van der Waals surface area contributed by atoms with Crippen LogP contribution in [0.2, 0.25) is 0 Å². The number of ether oxygens (including phenoxy) is 1. The van der Waals surface area contributed by atoms with Crippen LogP contribution in [0, 0.1) is 0 Å².